The van der Waals surface area contributed by atoms with Crippen molar-refractivity contribution in [2.24, 2.45) is 0 Å². The smallest absolute Gasteiger partial charge is 0.273 e. The van der Waals surface area contributed by atoms with Crippen LogP contribution in [0.2, 0.25) is 5.02 Å². The number of benzene rings is 1. The van der Waals surface area contributed by atoms with Crippen molar-refractivity contribution >= 4 is 33.4 Å². The molecule has 0 spiro atoms. The van der Waals surface area contributed by atoms with E-state index in [-0.39, 0.29) is 21.0 Å². The molecule has 1 aromatic heterocycles. The van der Waals surface area contributed by atoms with E-state index in [2.05, 4.69) is 10.9 Å². The Bertz CT molecular complexity index is 996. The Labute approximate surface area is 167 Å². The standard InChI is InChI=1S/C18H20ClN3O5S/c1-12-14(7-10-27-12)17(23)20-21-18(24)15-11-13(5-6-16(15)19)28(25,26)22-8-3-2-4-9-22/h5-7,10-11H,2-4,8-9H2,1H3,(H,20,23)(H,21,24). The van der Waals surface area contributed by atoms with Gasteiger partial charge in [0.15, 0.2) is 0 Å². The van der Waals surface area contributed by atoms with Crippen molar-refractivity contribution in [2.75, 3.05) is 13.1 Å². The van der Waals surface area contributed by atoms with Gasteiger partial charge in [0.25, 0.3) is 11.8 Å². The lowest BCUT2D eigenvalue weighted by molar-refractivity contribution is 0.0845. The molecule has 1 aliphatic heterocycles. The number of furan rings is 1. The summed E-state index contributed by atoms with van der Waals surface area (Å²) in [5.74, 6) is -0.887. The predicted octanol–water partition coefficient (Wildman–Crippen LogP) is 2.49. The number of nitrogens with one attached hydrogen (secondary N) is 2. The molecule has 2 N–H and O–H groups in total. The van der Waals surface area contributed by atoms with Crippen LogP contribution in [-0.4, -0.2) is 37.6 Å². The first kappa shape index (κ1) is 20.4. The maximum Gasteiger partial charge on any atom is 0.273 e. The highest BCUT2D eigenvalue weighted by atomic mass is 35.5. The highest BCUT2D eigenvalue weighted by Gasteiger charge is 2.27. The van der Waals surface area contributed by atoms with Crippen LogP contribution in [0.5, 0.6) is 0 Å². The largest absolute Gasteiger partial charge is 0.469 e. The molecule has 2 amide bonds. The highest BCUT2D eigenvalue weighted by molar-refractivity contribution is 7.89. The van der Waals surface area contributed by atoms with Gasteiger partial charge in [-0.25, -0.2) is 8.42 Å². The van der Waals surface area contributed by atoms with E-state index in [1.165, 1.54) is 34.8 Å². The number of amides is 2. The van der Waals surface area contributed by atoms with Crippen LogP contribution in [0.15, 0.2) is 39.8 Å². The van der Waals surface area contributed by atoms with Crippen molar-refractivity contribution in [1.29, 1.82) is 0 Å². The molecule has 0 saturated carbocycles. The Hall–Kier alpha value is -2.36. The topological polar surface area (TPSA) is 109 Å². The maximum atomic E-state index is 12.8. The number of carbonyl (C=O) groups is 2. The summed E-state index contributed by atoms with van der Waals surface area (Å²) in [4.78, 5) is 24.5. The number of carbonyl (C=O) groups excluding carboxylic acids is 2. The zero-order valence-electron chi connectivity index (χ0n) is 15.2. The number of sulfonamides is 1. The molecule has 28 heavy (non-hydrogen) atoms. The number of aryl methyl sites for hydroxylation is 1. The lowest BCUT2D eigenvalue weighted by atomic mass is 10.2. The number of halogens is 1. The van der Waals surface area contributed by atoms with Crippen LogP contribution < -0.4 is 10.9 Å². The average Bonchev–Trinajstić information content (AvgIpc) is 3.12. The van der Waals surface area contributed by atoms with Gasteiger partial charge in [0.1, 0.15) is 5.76 Å². The SMILES string of the molecule is Cc1occc1C(=O)NNC(=O)c1cc(S(=O)(=O)N2CCCCC2)ccc1Cl. The lowest BCUT2D eigenvalue weighted by Gasteiger charge is -2.26. The summed E-state index contributed by atoms with van der Waals surface area (Å²) < 4.78 is 32.1. The second kappa shape index (κ2) is 8.34. The minimum Gasteiger partial charge on any atom is -0.469 e. The lowest BCUT2D eigenvalue weighted by Crippen LogP contribution is -2.42. The number of rotatable bonds is 4. The first-order valence-electron chi connectivity index (χ1n) is 8.75. The summed E-state index contributed by atoms with van der Waals surface area (Å²) in [6.45, 7) is 2.52. The van der Waals surface area contributed by atoms with Crippen LogP contribution in [0.1, 0.15) is 45.7 Å². The van der Waals surface area contributed by atoms with E-state index in [0.29, 0.717) is 18.8 Å². The normalized spacial score (nSPS) is 15.2. The zero-order valence-corrected chi connectivity index (χ0v) is 16.8. The minimum atomic E-state index is -3.71. The molecule has 1 aromatic carbocycles. The fraction of sp³-hybridized carbons (Fsp3) is 0.333. The van der Waals surface area contributed by atoms with Gasteiger partial charge in [-0.15, -0.1) is 0 Å². The minimum absolute atomic E-state index is 0.0130. The fourth-order valence-corrected chi connectivity index (χ4v) is 4.71. The Morgan fingerprint density at radius 3 is 2.29 bits per heavy atom. The van der Waals surface area contributed by atoms with Crippen molar-refractivity contribution < 1.29 is 22.4 Å². The summed E-state index contributed by atoms with van der Waals surface area (Å²) >= 11 is 6.07. The van der Waals surface area contributed by atoms with E-state index >= 15 is 0 Å². The molecule has 2 aromatic rings. The summed E-state index contributed by atoms with van der Waals surface area (Å²) in [6, 6.07) is 5.41. The molecule has 1 saturated heterocycles. The van der Waals surface area contributed by atoms with Crippen LogP contribution in [0.25, 0.3) is 0 Å². The van der Waals surface area contributed by atoms with Gasteiger partial charge in [0.05, 0.1) is 27.3 Å². The molecule has 1 fully saturated rings. The van der Waals surface area contributed by atoms with Crippen LogP contribution in [0.4, 0.5) is 0 Å². The Morgan fingerprint density at radius 1 is 1.04 bits per heavy atom. The molecule has 10 heteroatoms. The monoisotopic (exact) mass is 425 g/mol. The van der Waals surface area contributed by atoms with Gasteiger partial charge in [-0.3, -0.25) is 20.4 Å². The van der Waals surface area contributed by atoms with Crippen molar-refractivity contribution in [1.82, 2.24) is 15.2 Å². The van der Waals surface area contributed by atoms with Gasteiger partial charge in [-0.05, 0) is 44.0 Å². The molecule has 150 valence electrons. The number of hydrazine groups is 1. The second-order valence-corrected chi connectivity index (χ2v) is 8.75. The van der Waals surface area contributed by atoms with Crippen LogP contribution >= 0.6 is 11.6 Å². The summed E-state index contributed by atoms with van der Waals surface area (Å²) in [6.07, 6.45) is 3.97. The quantitative estimate of drug-likeness (QED) is 0.731. The molecule has 0 bridgehead atoms. The van der Waals surface area contributed by atoms with Crippen LogP contribution in [0, 0.1) is 6.92 Å². The van der Waals surface area contributed by atoms with Crippen molar-refractivity contribution in [3.8, 4) is 0 Å². The van der Waals surface area contributed by atoms with Crippen LogP contribution in [-0.2, 0) is 10.0 Å². The molecule has 0 radical (unpaired) electrons. The van der Waals surface area contributed by atoms with Crippen molar-refractivity contribution in [2.45, 2.75) is 31.1 Å². The molecule has 8 nitrogen and oxygen atoms in total. The zero-order chi connectivity index (χ0) is 20.3. The number of hydrogen-bond donors (Lipinski definition) is 2. The molecular formula is C18H20ClN3O5S. The van der Waals surface area contributed by atoms with E-state index in [9.17, 15) is 18.0 Å². The second-order valence-electron chi connectivity index (χ2n) is 6.41. The molecule has 0 unspecified atom stereocenters. The number of piperidine rings is 1. The van der Waals surface area contributed by atoms with Gasteiger partial charge < -0.3 is 4.42 Å². The van der Waals surface area contributed by atoms with Gasteiger partial charge >= 0.3 is 0 Å². The van der Waals surface area contributed by atoms with Gasteiger partial charge in [0.2, 0.25) is 10.0 Å². The van der Waals surface area contributed by atoms with E-state index in [1.54, 1.807) is 6.92 Å². The molecule has 2 heterocycles. The third kappa shape index (κ3) is 4.21. The summed E-state index contributed by atoms with van der Waals surface area (Å²) in [5, 5.41) is 0.0730. The van der Waals surface area contributed by atoms with Gasteiger partial charge in [0, 0.05) is 13.1 Å². The van der Waals surface area contributed by atoms with Crippen LogP contribution in [0.3, 0.4) is 0 Å². The highest BCUT2D eigenvalue weighted by Crippen LogP contribution is 2.25. The first-order chi connectivity index (χ1) is 13.3. The predicted molar refractivity (Wildman–Crippen MR) is 102 cm³/mol. The van der Waals surface area contributed by atoms with Gasteiger partial charge in [-0.1, -0.05) is 18.0 Å². The molecule has 3 rings (SSSR count). The Morgan fingerprint density at radius 2 is 1.68 bits per heavy atom. The first-order valence-corrected chi connectivity index (χ1v) is 10.6. The fourth-order valence-electron chi connectivity index (χ4n) is 2.96. The van der Waals surface area contributed by atoms with Crippen molar-refractivity contribution in [3.63, 3.8) is 0 Å². The van der Waals surface area contributed by atoms with E-state index in [0.717, 1.165) is 19.3 Å². The van der Waals surface area contributed by atoms with Gasteiger partial charge in [-0.2, -0.15) is 4.31 Å². The molecular weight excluding hydrogens is 406 g/mol. The summed E-state index contributed by atoms with van der Waals surface area (Å²) in [5.41, 5.74) is 4.72. The average molecular weight is 426 g/mol. The molecule has 0 aliphatic carbocycles. The Kier molecular flexibility index (Phi) is 6.07. The molecule has 0 atom stereocenters. The van der Waals surface area contributed by atoms with E-state index in [4.69, 9.17) is 16.0 Å². The summed E-state index contributed by atoms with van der Waals surface area (Å²) in [7, 11) is -3.71. The number of hydrogen-bond acceptors (Lipinski definition) is 5. The van der Waals surface area contributed by atoms with Crippen molar-refractivity contribution in [3.05, 3.63) is 52.4 Å². The third-order valence-corrected chi connectivity index (χ3v) is 6.75. The maximum absolute atomic E-state index is 12.8. The number of nitrogens with zero attached hydrogens (tertiary/aromatic N) is 1. The van der Waals surface area contributed by atoms with E-state index in [1.807, 2.05) is 0 Å². The third-order valence-electron chi connectivity index (χ3n) is 4.53. The van der Waals surface area contributed by atoms with E-state index < -0.39 is 21.8 Å². The Balaban J connectivity index is 1.76. The molecule has 1 aliphatic rings.